The number of aromatic nitrogens is 2. The average Bonchev–Trinajstić information content (AvgIpc) is 2.95. The van der Waals surface area contributed by atoms with E-state index >= 15 is 0 Å². The second-order valence-corrected chi connectivity index (χ2v) is 6.51. The molecule has 2 aliphatic rings. The zero-order valence-electron chi connectivity index (χ0n) is 12.5. The number of anilines is 1. The van der Waals surface area contributed by atoms with Crippen molar-refractivity contribution < 1.29 is 4.79 Å². The lowest BCUT2D eigenvalue weighted by Gasteiger charge is -2.34. The summed E-state index contributed by atoms with van der Waals surface area (Å²) in [6.07, 6.45) is 7.66. The molecule has 0 N–H and O–H groups in total. The minimum atomic E-state index is 0.288. The van der Waals surface area contributed by atoms with Gasteiger partial charge in [-0.25, -0.2) is 4.98 Å². The third-order valence-electron chi connectivity index (χ3n) is 4.18. The molecule has 114 valence electrons. The molecule has 3 rings (SSSR count). The summed E-state index contributed by atoms with van der Waals surface area (Å²) in [5.41, 5.74) is 1.34. The summed E-state index contributed by atoms with van der Waals surface area (Å²) in [5, 5.41) is 0.981. The minimum absolute atomic E-state index is 0.288. The third-order valence-corrected chi connectivity index (χ3v) is 5.05. The van der Waals surface area contributed by atoms with Gasteiger partial charge in [0.05, 0.1) is 0 Å². The molecule has 1 aromatic heterocycles. The first-order valence-electron chi connectivity index (χ1n) is 7.73. The highest BCUT2D eigenvalue weighted by Crippen LogP contribution is 2.22. The highest BCUT2D eigenvalue weighted by molar-refractivity contribution is 7.09. The first kappa shape index (κ1) is 14.5. The molecule has 1 saturated heterocycles. The summed E-state index contributed by atoms with van der Waals surface area (Å²) >= 11 is 1.45. The van der Waals surface area contributed by atoms with E-state index in [4.69, 9.17) is 0 Å². The maximum Gasteiger partial charge on any atom is 0.226 e. The molecule has 21 heavy (non-hydrogen) atoms. The zero-order chi connectivity index (χ0) is 14.7. The number of allylic oxidation sites excluding steroid dienone is 1. The Morgan fingerprint density at radius 1 is 1.29 bits per heavy atom. The van der Waals surface area contributed by atoms with Gasteiger partial charge in [-0.05, 0) is 32.6 Å². The Hall–Kier alpha value is -1.43. The minimum Gasteiger partial charge on any atom is -0.343 e. The fraction of sp³-hybridized carbons (Fsp3) is 0.667. The van der Waals surface area contributed by atoms with Gasteiger partial charge in [-0.15, -0.1) is 0 Å². The van der Waals surface area contributed by atoms with E-state index in [2.05, 4.69) is 20.3 Å². The van der Waals surface area contributed by atoms with E-state index in [1.807, 2.05) is 11.8 Å². The quantitative estimate of drug-likeness (QED) is 0.805. The van der Waals surface area contributed by atoms with Crippen LogP contribution in [0.1, 0.15) is 37.9 Å². The third kappa shape index (κ3) is 3.61. The summed E-state index contributed by atoms with van der Waals surface area (Å²) < 4.78 is 4.22. The first-order chi connectivity index (χ1) is 10.2. The lowest BCUT2D eigenvalue weighted by Crippen LogP contribution is -2.48. The van der Waals surface area contributed by atoms with Crippen LogP contribution < -0.4 is 4.90 Å². The number of nitrogens with zero attached hydrogens (tertiary/aromatic N) is 4. The van der Waals surface area contributed by atoms with Crippen LogP contribution in [0.15, 0.2) is 11.6 Å². The van der Waals surface area contributed by atoms with E-state index in [-0.39, 0.29) is 5.91 Å². The summed E-state index contributed by atoms with van der Waals surface area (Å²) in [6.45, 7) is 5.23. The molecule has 6 heteroatoms. The number of hydrogen-bond acceptors (Lipinski definition) is 5. The number of amides is 1. The fourth-order valence-electron chi connectivity index (χ4n) is 2.93. The maximum atomic E-state index is 12.4. The smallest absolute Gasteiger partial charge is 0.226 e. The van der Waals surface area contributed by atoms with E-state index in [0.717, 1.165) is 50.0 Å². The maximum absolute atomic E-state index is 12.4. The molecular formula is C15H22N4OS. The van der Waals surface area contributed by atoms with Gasteiger partial charge >= 0.3 is 0 Å². The molecule has 1 fully saturated rings. The molecule has 0 spiro atoms. The van der Waals surface area contributed by atoms with Gasteiger partial charge in [0.2, 0.25) is 11.0 Å². The normalized spacial score (nSPS) is 19.6. The van der Waals surface area contributed by atoms with Crippen LogP contribution >= 0.6 is 11.5 Å². The van der Waals surface area contributed by atoms with Gasteiger partial charge in [0.15, 0.2) is 0 Å². The number of rotatable bonds is 3. The molecule has 0 bridgehead atoms. The van der Waals surface area contributed by atoms with Gasteiger partial charge in [0, 0.05) is 44.1 Å². The van der Waals surface area contributed by atoms with Gasteiger partial charge in [-0.2, -0.15) is 4.37 Å². The zero-order valence-corrected chi connectivity index (χ0v) is 13.4. The van der Waals surface area contributed by atoms with Crippen LogP contribution in [-0.4, -0.2) is 46.3 Å². The van der Waals surface area contributed by atoms with Gasteiger partial charge in [-0.1, -0.05) is 11.6 Å². The highest BCUT2D eigenvalue weighted by atomic mass is 32.1. The second kappa shape index (κ2) is 6.56. The monoisotopic (exact) mass is 306 g/mol. The van der Waals surface area contributed by atoms with Crippen molar-refractivity contribution in [3.05, 3.63) is 17.5 Å². The van der Waals surface area contributed by atoms with E-state index in [9.17, 15) is 4.79 Å². The SMILES string of the molecule is Cc1nsc(N2CCN(C(=O)CC3=CCCCC3)CC2)n1. The van der Waals surface area contributed by atoms with Crippen LogP contribution in [0.5, 0.6) is 0 Å². The van der Waals surface area contributed by atoms with Crippen molar-refractivity contribution in [3.63, 3.8) is 0 Å². The molecule has 2 heterocycles. The molecular weight excluding hydrogens is 284 g/mol. The van der Waals surface area contributed by atoms with Gasteiger partial charge < -0.3 is 9.80 Å². The number of hydrogen-bond donors (Lipinski definition) is 0. The van der Waals surface area contributed by atoms with Gasteiger partial charge in [-0.3, -0.25) is 4.79 Å². The lowest BCUT2D eigenvalue weighted by molar-refractivity contribution is -0.130. The number of carbonyl (C=O) groups excluding carboxylic acids is 1. The highest BCUT2D eigenvalue weighted by Gasteiger charge is 2.23. The molecule has 0 aromatic carbocycles. The Morgan fingerprint density at radius 2 is 2.10 bits per heavy atom. The van der Waals surface area contributed by atoms with Crippen molar-refractivity contribution in [2.45, 2.75) is 39.0 Å². The summed E-state index contributed by atoms with van der Waals surface area (Å²) in [6, 6.07) is 0. The predicted molar refractivity (Wildman–Crippen MR) is 84.6 cm³/mol. The van der Waals surface area contributed by atoms with Gasteiger partial charge in [0.25, 0.3) is 0 Å². The molecule has 1 aliphatic heterocycles. The Labute approximate surface area is 129 Å². The van der Waals surface area contributed by atoms with Crippen molar-refractivity contribution in [1.82, 2.24) is 14.3 Å². The Kier molecular flexibility index (Phi) is 4.53. The van der Waals surface area contributed by atoms with Crippen molar-refractivity contribution in [1.29, 1.82) is 0 Å². The summed E-state index contributed by atoms with van der Waals surface area (Å²) in [5.74, 6) is 1.12. The van der Waals surface area contributed by atoms with E-state index in [1.54, 1.807) is 0 Å². The van der Waals surface area contributed by atoms with Crippen LogP contribution in [0, 0.1) is 6.92 Å². The Balaban J connectivity index is 1.51. The Bertz CT molecular complexity index is 532. The van der Waals surface area contributed by atoms with E-state index < -0.39 is 0 Å². The first-order valence-corrected chi connectivity index (χ1v) is 8.50. The molecule has 0 radical (unpaired) electrons. The number of piperazine rings is 1. The molecule has 1 amide bonds. The van der Waals surface area contributed by atoms with Crippen LogP contribution in [-0.2, 0) is 4.79 Å². The van der Waals surface area contributed by atoms with Gasteiger partial charge in [0.1, 0.15) is 5.82 Å². The van der Waals surface area contributed by atoms with E-state index in [0.29, 0.717) is 6.42 Å². The fourth-order valence-corrected chi connectivity index (χ4v) is 3.66. The van der Waals surface area contributed by atoms with Crippen LogP contribution in [0.25, 0.3) is 0 Å². The lowest BCUT2D eigenvalue weighted by atomic mass is 9.97. The second-order valence-electron chi connectivity index (χ2n) is 5.78. The Morgan fingerprint density at radius 3 is 2.71 bits per heavy atom. The largest absolute Gasteiger partial charge is 0.343 e. The van der Waals surface area contributed by atoms with Crippen LogP contribution in [0.2, 0.25) is 0 Å². The van der Waals surface area contributed by atoms with Crippen molar-refractivity contribution in [2.75, 3.05) is 31.1 Å². The van der Waals surface area contributed by atoms with Crippen LogP contribution in [0.4, 0.5) is 5.13 Å². The summed E-state index contributed by atoms with van der Waals surface area (Å²) in [4.78, 5) is 21.0. The average molecular weight is 306 g/mol. The van der Waals surface area contributed by atoms with Crippen molar-refractivity contribution in [3.8, 4) is 0 Å². The van der Waals surface area contributed by atoms with E-state index in [1.165, 1.54) is 29.9 Å². The standard InChI is InChI=1S/C15H22N4OS/c1-12-16-15(21-17-12)19-9-7-18(8-10-19)14(20)11-13-5-3-2-4-6-13/h5H,2-4,6-11H2,1H3. The van der Waals surface area contributed by atoms with Crippen molar-refractivity contribution >= 4 is 22.6 Å². The molecule has 0 atom stereocenters. The molecule has 1 aliphatic carbocycles. The predicted octanol–water partition coefficient (Wildman–Crippen LogP) is 2.39. The molecule has 0 saturated carbocycles. The molecule has 0 unspecified atom stereocenters. The van der Waals surface area contributed by atoms with Crippen LogP contribution in [0.3, 0.4) is 0 Å². The number of aryl methyl sites for hydroxylation is 1. The molecule has 5 nitrogen and oxygen atoms in total. The molecule has 1 aromatic rings. The van der Waals surface area contributed by atoms with Crippen molar-refractivity contribution in [2.24, 2.45) is 0 Å². The topological polar surface area (TPSA) is 49.3 Å². The summed E-state index contributed by atoms with van der Waals surface area (Å²) in [7, 11) is 0. The number of carbonyl (C=O) groups is 1.